The van der Waals surface area contributed by atoms with E-state index in [-0.39, 0.29) is 15.5 Å². The van der Waals surface area contributed by atoms with Gasteiger partial charge in [-0.2, -0.15) is 0 Å². The van der Waals surface area contributed by atoms with Gasteiger partial charge in [-0.25, -0.2) is 8.42 Å². The zero-order valence-corrected chi connectivity index (χ0v) is 10.3. The van der Waals surface area contributed by atoms with Crippen LogP contribution < -0.4 is 0 Å². The van der Waals surface area contributed by atoms with Gasteiger partial charge in [-0.1, -0.05) is 11.6 Å². The van der Waals surface area contributed by atoms with Crippen LogP contribution in [0.15, 0.2) is 23.1 Å². The molecule has 0 radical (unpaired) electrons. The number of sulfone groups is 1. The fourth-order valence-electron chi connectivity index (χ4n) is 0.912. The highest BCUT2D eigenvalue weighted by Crippen LogP contribution is 2.23. The van der Waals surface area contributed by atoms with E-state index in [9.17, 15) is 13.2 Å². The van der Waals surface area contributed by atoms with Crippen LogP contribution >= 0.6 is 34.8 Å². The molecule has 0 saturated heterocycles. The van der Waals surface area contributed by atoms with Gasteiger partial charge in [-0.15, -0.1) is 11.6 Å². The van der Waals surface area contributed by atoms with Crippen LogP contribution in [0.3, 0.4) is 0 Å². The maximum atomic E-state index is 11.3. The Balaban J connectivity index is 3.30. The van der Waals surface area contributed by atoms with Crippen LogP contribution in [0.25, 0.3) is 0 Å². The van der Waals surface area contributed by atoms with E-state index in [0.29, 0.717) is 0 Å². The monoisotopic (exact) mass is 286 g/mol. The second-order valence-corrected chi connectivity index (χ2v) is 5.96. The fraction of sp³-hybridized carbons (Fsp3) is 0.125. The van der Waals surface area contributed by atoms with Crippen LogP contribution in [0, 0.1) is 0 Å². The minimum atomic E-state index is -3.54. The third-order valence-corrected chi connectivity index (χ3v) is 4.29. The maximum Gasteiger partial charge on any atom is 0.253 e. The number of alkyl halides is 1. The van der Waals surface area contributed by atoms with E-state index in [1.807, 2.05) is 0 Å². The maximum absolute atomic E-state index is 11.3. The Morgan fingerprint density at radius 1 is 1.33 bits per heavy atom. The van der Waals surface area contributed by atoms with Gasteiger partial charge < -0.3 is 0 Å². The Morgan fingerprint density at radius 3 is 2.33 bits per heavy atom. The van der Waals surface area contributed by atoms with E-state index in [0.717, 1.165) is 6.07 Å². The molecule has 1 aromatic carbocycles. The second kappa shape index (κ2) is 4.70. The number of carbonyl (C=O) groups is 1. The van der Waals surface area contributed by atoms with E-state index < -0.39 is 20.3 Å². The Morgan fingerprint density at radius 2 is 1.93 bits per heavy atom. The third kappa shape index (κ3) is 2.84. The molecular formula is C8H5Cl3O3S. The lowest BCUT2D eigenvalue weighted by atomic mass is 10.2. The highest BCUT2D eigenvalue weighted by molar-refractivity contribution is 7.92. The molecule has 0 spiro atoms. The van der Waals surface area contributed by atoms with Crippen LogP contribution in [-0.4, -0.2) is 18.9 Å². The van der Waals surface area contributed by atoms with Crippen molar-refractivity contribution in [3.63, 3.8) is 0 Å². The molecule has 7 heteroatoms. The molecule has 0 aliphatic rings. The van der Waals surface area contributed by atoms with Gasteiger partial charge >= 0.3 is 0 Å². The number of carbonyl (C=O) groups excluding carboxylic acids is 1. The van der Waals surface area contributed by atoms with Crippen molar-refractivity contribution in [2.45, 2.75) is 4.90 Å². The molecule has 0 aliphatic heterocycles. The summed E-state index contributed by atoms with van der Waals surface area (Å²) in [5.74, 6) is 0. The Kier molecular flexibility index (Phi) is 4.00. The topological polar surface area (TPSA) is 51.2 Å². The molecule has 0 unspecified atom stereocenters. The molecule has 0 amide bonds. The van der Waals surface area contributed by atoms with E-state index >= 15 is 0 Å². The Hall–Kier alpha value is -0.290. The first-order valence-electron chi connectivity index (χ1n) is 3.66. The van der Waals surface area contributed by atoms with Crippen molar-refractivity contribution in [1.82, 2.24) is 0 Å². The molecule has 1 rings (SSSR count). The zero-order valence-electron chi connectivity index (χ0n) is 7.21. The van der Waals surface area contributed by atoms with Crippen molar-refractivity contribution >= 4 is 49.9 Å². The minimum absolute atomic E-state index is 0.0128. The zero-order chi connectivity index (χ0) is 11.6. The lowest BCUT2D eigenvalue weighted by Crippen LogP contribution is -2.03. The SMILES string of the molecule is O=C(Cl)c1ccc(S(=O)(=O)CCl)cc1Cl. The smallest absolute Gasteiger partial charge is 0.253 e. The summed E-state index contributed by atoms with van der Waals surface area (Å²) < 4.78 is 22.7. The predicted molar refractivity (Wildman–Crippen MR) is 59.5 cm³/mol. The molecular weight excluding hydrogens is 283 g/mol. The molecule has 0 heterocycles. The normalized spacial score (nSPS) is 11.4. The first-order chi connectivity index (χ1) is 6.88. The van der Waals surface area contributed by atoms with Gasteiger partial charge in [0, 0.05) is 0 Å². The summed E-state index contributed by atoms with van der Waals surface area (Å²) in [4.78, 5) is 10.8. The highest BCUT2D eigenvalue weighted by atomic mass is 35.5. The molecule has 0 fully saturated rings. The molecule has 0 bridgehead atoms. The highest BCUT2D eigenvalue weighted by Gasteiger charge is 2.16. The van der Waals surface area contributed by atoms with Crippen molar-refractivity contribution in [2.75, 3.05) is 5.21 Å². The molecule has 0 saturated carbocycles. The number of rotatable bonds is 3. The van der Waals surface area contributed by atoms with Gasteiger partial charge in [-0.3, -0.25) is 4.79 Å². The number of hydrogen-bond acceptors (Lipinski definition) is 3. The Bertz CT molecular complexity index is 496. The van der Waals surface area contributed by atoms with Gasteiger partial charge in [0.25, 0.3) is 5.24 Å². The average Bonchev–Trinajstić information content (AvgIpc) is 2.17. The van der Waals surface area contributed by atoms with Gasteiger partial charge in [0.1, 0.15) is 5.21 Å². The van der Waals surface area contributed by atoms with Gasteiger partial charge in [0.2, 0.25) is 0 Å². The second-order valence-electron chi connectivity index (χ2n) is 2.64. The minimum Gasteiger partial charge on any atom is -0.276 e. The fourth-order valence-corrected chi connectivity index (χ4v) is 2.53. The molecule has 0 aliphatic carbocycles. The molecule has 0 aromatic heterocycles. The summed E-state index contributed by atoms with van der Waals surface area (Å²) in [5, 5.41) is -1.30. The van der Waals surface area contributed by atoms with Gasteiger partial charge in [0.15, 0.2) is 9.84 Å². The molecule has 0 N–H and O–H groups in total. The van der Waals surface area contributed by atoms with Crippen molar-refractivity contribution in [3.8, 4) is 0 Å². The van der Waals surface area contributed by atoms with Crippen molar-refractivity contribution < 1.29 is 13.2 Å². The van der Waals surface area contributed by atoms with Crippen LogP contribution in [0.5, 0.6) is 0 Å². The summed E-state index contributed by atoms with van der Waals surface area (Å²) >= 11 is 16.1. The summed E-state index contributed by atoms with van der Waals surface area (Å²) in [5.41, 5.74) is 0.0619. The van der Waals surface area contributed by atoms with Crippen molar-refractivity contribution in [3.05, 3.63) is 28.8 Å². The van der Waals surface area contributed by atoms with E-state index in [1.54, 1.807) is 0 Å². The lowest BCUT2D eigenvalue weighted by Gasteiger charge is -2.03. The van der Waals surface area contributed by atoms with Crippen LogP contribution in [0.2, 0.25) is 5.02 Å². The van der Waals surface area contributed by atoms with Crippen LogP contribution in [0.4, 0.5) is 0 Å². The van der Waals surface area contributed by atoms with E-state index in [1.165, 1.54) is 12.1 Å². The molecule has 0 atom stereocenters. The van der Waals surface area contributed by atoms with Crippen molar-refractivity contribution in [1.29, 1.82) is 0 Å². The largest absolute Gasteiger partial charge is 0.276 e. The van der Waals surface area contributed by atoms with Crippen LogP contribution in [0.1, 0.15) is 10.4 Å². The summed E-state index contributed by atoms with van der Waals surface area (Å²) in [6, 6.07) is 3.63. The molecule has 1 aromatic rings. The van der Waals surface area contributed by atoms with Gasteiger partial charge in [0.05, 0.1) is 15.5 Å². The molecule has 82 valence electrons. The van der Waals surface area contributed by atoms with Gasteiger partial charge in [-0.05, 0) is 29.8 Å². The summed E-state index contributed by atoms with van der Waals surface area (Å²) in [6.45, 7) is 0. The number of benzene rings is 1. The standard InChI is InChI=1S/C8H5Cl3O3S/c9-4-15(13,14)5-1-2-6(8(11)12)7(10)3-5/h1-3H,4H2. The van der Waals surface area contributed by atoms with Crippen LogP contribution in [-0.2, 0) is 9.84 Å². The average molecular weight is 288 g/mol. The predicted octanol–water partition coefficient (Wildman–Crippen LogP) is 2.69. The number of hydrogen-bond donors (Lipinski definition) is 0. The summed E-state index contributed by atoms with van der Waals surface area (Å²) in [6.07, 6.45) is 0. The van der Waals surface area contributed by atoms with E-state index in [4.69, 9.17) is 34.8 Å². The first kappa shape index (κ1) is 12.8. The number of halogens is 3. The Labute approximate surface area is 102 Å². The van der Waals surface area contributed by atoms with E-state index in [2.05, 4.69) is 0 Å². The third-order valence-electron chi connectivity index (χ3n) is 1.66. The lowest BCUT2D eigenvalue weighted by molar-refractivity contribution is 0.108. The quantitative estimate of drug-likeness (QED) is 0.634. The van der Waals surface area contributed by atoms with Crippen molar-refractivity contribution in [2.24, 2.45) is 0 Å². The molecule has 15 heavy (non-hydrogen) atoms. The molecule has 3 nitrogen and oxygen atoms in total. The first-order valence-corrected chi connectivity index (χ1v) is 6.61. The summed E-state index contributed by atoms with van der Waals surface area (Å²) in [7, 11) is -3.54.